The van der Waals surface area contributed by atoms with Crippen LogP contribution in [0.3, 0.4) is 0 Å². The van der Waals surface area contributed by atoms with E-state index in [-0.39, 0.29) is 5.41 Å². The van der Waals surface area contributed by atoms with Gasteiger partial charge in [0.2, 0.25) is 0 Å². The van der Waals surface area contributed by atoms with Crippen LogP contribution in [0.2, 0.25) is 0 Å². The molecule has 4 saturated carbocycles. The summed E-state index contributed by atoms with van der Waals surface area (Å²) in [4.78, 5) is 0. The summed E-state index contributed by atoms with van der Waals surface area (Å²) in [6.07, 6.45) is 17.9. The van der Waals surface area contributed by atoms with Crippen LogP contribution in [0.5, 0.6) is 0 Å². The SMILES string of the molecule is Cc1c(/C=N\N=C2\CC[C@@H]3[C@H]4CC[C@@H]5CCCC[C@]5(C)[C@@H]4CC[C@]23C)cnn1C. The Hall–Kier alpha value is -1.45. The molecule has 4 aliphatic carbocycles. The van der Waals surface area contributed by atoms with Crippen molar-refractivity contribution >= 4 is 11.9 Å². The van der Waals surface area contributed by atoms with Crippen LogP contribution in [0.15, 0.2) is 16.4 Å². The van der Waals surface area contributed by atoms with Crippen molar-refractivity contribution in [1.82, 2.24) is 9.78 Å². The van der Waals surface area contributed by atoms with Crippen LogP contribution in [0.1, 0.15) is 89.3 Å². The molecule has 1 heterocycles. The van der Waals surface area contributed by atoms with Crippen LogP contribution in [0, 0.1) is 41.4 Å². The van der Waals surface area contributed by atoms with Crippen LogP contribution in [-0.2, 0) is 7.05 Å². The Bertz CT molecular complexity index is 836. The van der Waals surface area contributed by atoms with Crippen LogP contribution >= 0.6 is 0 Å². The standard InChI is InChI=1S/C25H38N4/c1-17-18(16-27-29(17)4)15-26-28-23-11-10-21-20-9-8-19-7-5-6-13-24(19,2)22(20)12-14-25(21,23)3/h15-16,19-22H,5-14H2,1-4H3/b26-15-,28-23-/t19-,20+,21+,22+,24-,25-/m0/s1. The number of rotatable bonds is 2. The number of aryl methyl sites for hydroxylation is 1. The molecular weight excluding hydrogens is 356 g/mol. The van der Waals surface area contributed by atoms with Gasteiger partial charge in [-0.15, -0.1) is 0 Å². The number of aromatic nitrogens is 2. The molecule has 0 N–H and O–H groups in total. The van der Waals surface area contributed by atoms with E-state index in [1.807, 2.05) is 24.1 Å². The van der Waals surface area contributed by atoms with E-state index in [4.69, 9.17) is 5.10 Å². The lowest BCUT2D eigenvalue weighted by Crippen LogP contribution is -2.52. The minimum absolute atomic E-state index is 0.278. The van der Waals surface area contributed by atoms with Gasteiger partial charge in [0.25, 0.3) is 0 Å². The van der Waals surface area contributed by atoms with Gasteiger partial charge in [0, 0.05) is 29.4 Å². The molecule has 6 atom stereocenters. The summed E-state index contributed by atoms with van der Waals surface area (Å²) >= 11 is 0. The normalized spacial score (nSPS) is 43.4. The molecule has 0 aliphatic heterocycles. The van der Waals surface area contributed by atoms with Crippen molar-refractivity contribution in [3.05, 3.63) is 17.5 Å². The van der Waals surface area contributed by atoms with Gasteiger partial charge in [0.1, 0.15) is 0 Å². The quantitative estimate of drug-likeness (QED) is 0.452. The van der Waals surface area contributed by atoms with Crippen molar-refractivity contribution in [2.24, 2.45) is 51.8 Å². The van der Waals surface area contributed by atoms with Gasteiger partial charge in [-0.2, -0.15) is 15.3 Å². The average molecular weight is 395 g/mol. The van der Waals surface area contributed by atoms with Gasteiger partial charge in [0.05, 0.1) is 12.4 Å². The molecular formula is C25H38N4. The summed E-state index contributed by atoms with van der Waals surface area (Å²) in [6.45, 7) is 7.26. The lowest BCUT2D eigenvalue weighted by molar-refractivity contribution is -0.0936. The number of hydrogen-bond acceptors (Lipinski definition) is 3. The third-order valence-corrected chi connectivity index (χ3v) is 9.97. The maximum absolute atomic E-state index is 4.81. The Balaban J connectivity index is 1.37. The third kappa shape index (κ3) is 2.96. The topological polar surface area (TPSA) is 42.5 Å². The van der Waals surface area contributed by atoms with E-state index < -0.39 is 0 Å². The van der Waals surface area contributed by atoms with Crippen LogP contribution in [0.25, 0.3) is 0 Å². The first-order valence-electron chi connectivity index (χ1n) is 12.0. The summed E-state index contributed by atoms with van der Waals surface area (Å²) in [7, 11) is 1.97. The van der Waals surface area contributed by atoms with E-state index in [1.165, 1.54) is 63.5 Å². The van der Waals surface area contributed by atoms with E-state index in [2.05, 4.69) is 31.0 Å². The summed E-state index contributed by atoms with van der Waals surface area (Å²) in [5, 5.41) is 13.6. The highest BCUT2D eigenvalue weighted by atomic mass is 15.3. The minimum atomic E-state index is 0.278. The molecule has 1 aromatic heterocycles. The summed E-state index contributed by atoms with van der Waals surface area (Å²) in [5.41, 5.74) is 4.49. The zero-order valence-corrected chi connectivity index (χ0v) is 18.8. The van der Waals surface area contributed by atoms with E-state index in [1.54, 1.807) is 0 Å². The predicted molar refractivity (Wildman–Crippen MR) is 119 cm³/mol. The number of fused-ring (bicyclic) bond motifs is 5. The van der Waals surface area contributed by atoms with Crippen molar-refractivity contribution < 1.29 is 0 Å². The van der Waals surface area contributed by atoms with Crippen LogP contribution in [0.4, 0.5) is 0 Å². The molecule has 0 saturated heterocycles. The van der Waals surface area contributed by atoms with Crippen molar-refractivity contribution in [2.45, 2.75) is 85.0 Å². The second kappa shape index (κ2) is 7.06. The first-order valence-corrected chi connectivity index (χ1v) is 12.0. The second-order valence-electron chi connectivity index (χ2n) is 11.0. The van der Waals surface area contributed by atoms with Gasteiger partial charge in [0.15, 0.2) is 0 Å². The van der Waals surface area contributed by atoms with Crippen molar-refractivity contribution in [1.29, 1.82) is 0 Å². The Morgan fingerprint density at radius 3 is 2.72 bits per heavy atom. The van der Waals surface area contributed by atoms with E-state index in [0.29, 0.717) is 5.41 Å². The van der Waals surface area contributed by atoms with Gasteiger partial charge >= 0.3 is 0 Å². The molecule has 0 amide bonds. The summed E-state index contributed by atoms with van der Waals surface area (Å²) in [5.74, 6) is 3.71. The smallest absolute Gasteiger partial charge is 0.0602 e. The molecule has 4 nitrogen and oxygen atoms in total. The highest BCUT2D eigenvalue weighted by molar-refractivity contribution is 5.93. The molecule has 0 bridgehead atoms. The molecule has 4 heteroatoms. The Labute approximate surface area is 176 Å². The molecule has 1 aromatic rings. The molecule has 5 rings (SSSR count). The molecule has 0 radical (unpaired) electrons. The Morgan fingerprint density at radius 1 is 1.07 bits per heavy atom. The average Bonchev–Trinajstić information content (AvgIpc) is 3.21. The molecule has 29 heavy (non-hydrogen) atoms. The lowest BCUT2D eigenvalue weighted by atomic mass is 9.45. The summed E-state index contributed by atoms with van der Waals surface area (Å²) < 4.78 is 1.89. The van der Waals surface area contributed by atoms with E-state index in [0.717, 1.165) is 41.3 Å². The number of nitrogens with zero attached hydrogens (tertiary/aromatic N) is 4. The maximum atomic E-state index is 4.81. The highest BCUT2D eigenvalue weighted by Crippen LogP contribution is 2.65. The fraction of sp³-hybridized carbons (Fsp3) is 0.800. The van der Waals surface area contributed by atoms with Crippen LogP contribution < -0.4 is 0 Å². The Kier molecular flexibility index (Phi) is 4.75. The van der Waals surface area contributed by atoms with Gasteiger partial charge in [-0.1, -0.05) is 26.7 Å². The summed E-state index contributed by atoms with van der Waals surface area (Å²) in [6, 6.07) is 0. The first kappa shape index (κ1) is 19.5. The van der Waals surface area contributed by atoms with E-state index >= 15 is 0 Å². The monoisotopic (exact) mass is 394 g/mol. The highest BCUT2D eigenvalue weighted by Gasteiger charge is 2.58. The first-order chi connectivity index (χ1) is 13.9. The zero-order valence-electron chi connectivity index (χ0n) is 18.8. The molecule has 158 valence electrons. The largest absolute Gasteiger partial charge is 0.272 e. The van der Waals surface area contributed by atoms with Gasteiger partial charge in [-0.05, 0) is 87.4 Å². The van der Waals surface area contributed by atoms with Crippen molar-refractivity contribution in [3.63, 3.8) is 0 Å². The molecule has 0 aromatic carbocycles. The fourth-order valence-corrected chi connectivity index (χ4v) is 8.05. The molecule has 4 fully saturated rings. The zero-order chi connectivity index (χ0) is 20.2. The van der Waals surface area contributed by atoms with Gasteiger partial charge in [-0.25, -0.2) is 0 Å². The Morgan fingerprint density at radius 2 is 1.93 bits per heavy atom. The third-order valence-electron chi connectivity index (χ3n) is 9.97. The van der Waals surface area contributed by atoms with E-state index in [9.17, 15) is 0 Å². The molecule has 0 spiro atoms. The maximum Gasteiger partial charge on any atom is 0.0602 e. The van der Waals surface area contributed by atoms with Gasteiger partial charge < -0.3 is 0 Å². The lowest BCUT2D eigenvalue weighted by Gasteiger charge is -2.59. The van der Waals surface area contributed by atoms with Crippen LogP contribution in [-0.4, -0.2) is 21.7 Å². The minimum Gasteiger partial charge on any atom is -0.272 e. The second-order valence-corrected chi connectivity index (χ2v) is 11.0. The van der Waals surface area contributed by atoms with Gasteiger partial charge in [-0.3, -0.25) is 4.68 Å². The predicted octanol–water partition coefficient (Wildman–Crippen LogP) is 5.94. The van der Waals surface area contributed by atoms with Crippen molar-refractivity contribution in [3.8, 4) is 0 Å². The molecule has 4 aliphatic rings. The number of hydrogen-bond donors (Lipinski definition) is 0. The van der Waals surface area contributed by atoms with Crippen molar-refractivity contribution in [2.75, 3.05) is 0 Å². The fourth-order valence-electron chi connectivity index (χ4n) is 8.05. The molecule has 0 unspecified atom stereocenters.